The lowest BCUT2D eigenvalue weighted by atomic mass is 9.89. The Balaban J connectivity index is 1.63. The molecule has 5 heteroatoms. The number of rotatable bonds is 6. The van der Waals surface area contributed by atoms with E-state index in [0.29, 0.717) is 17.8 Å². The summed E-state index contributed by atoms with van der Waals surface area (Å²) in [5.41, 5.74) is 0.990. The molecule has 0 unspecified atom stereocenters. The number of hydrogen-bond acceptors (Lipinski definition) is 3. The van der Waals surface area contributed by atoms with E-state index < -0.39 is 11.5 Å². The quantitative estimate of drug-likeness (QED) is 0.533. The van der Waals surface area contributed by atoms with E-state index in [1.807, 2.05) is 66.7 Å². The monoisotopic (exact) mass is 461 g/mol. The van der Waals surface area contributed by atoms with Gasteiger partial charge in [0.1, 0.15) is 0 Å². The summed E-state index contributed by atoms with van der Waals surface area (Å²) in [6.07, 6.45) is 2.79. The normalized spacial score (nSPS) is 18.1. The van der Waals surface area contributed by atoms with Crippen molar-refractivity contribution in [2.45, 2.75) is 18.6 Å². The average molecular weight is 462 g/mol. The van der Waals surface area contributed by atoms with Gasteiger partial charge in [0.2, 0.25) is 0 Å². The smallest absolute Gasteiger partial charge is 0.264 e. The SMILES string of the molecule is O=C(/C=C/c1ccccc1)C[C@@]1(O)C(=O)N(Cc2ccccc2)c2ccc(Br)cc21. The fourth-order valence-corrected chi connectivity index (χ4v) is 4.04. The van der Waals surface area contributed by atoms with Crippen LogP contribution >= 0.6 is 15.9 Å². The summed E-state index contributed by atoms with van der Waals surface area (Å²) in [5.74, 6) is -0.803. The van der Waals surface area contributed by atoms with Gasteiger partial charge in [0, 0.05) is 10.0 Å². The Morgan fingerprint density at radius 1 is 1.00 bits per heavy atom. The van der Waals surface area contributed by atoms with Crippen LogP contribution in [0.4, 0.5) is 5.69 Å². The molecular formula is C25H20BrNO3. The number of carbonyl (C=O) groups excluding carboxylic acids is 2. The molecule has 4 nitrogen and oxygen atoms in total. The highest BCUT2D eigenvalue weighted by atomic mass is 79.9. The van der Waals surface area contributed by atoms with Gasteiger partial charge in [-0.15, -0.1) is 0 Å². The summed E-state index contributed by atoms with van der Waals surface area (Å²) in [4.78, 5) is 27.5. The maximum Gasteiger partial charge on any atom is 0.264 e. The van der Waals surface area contributed by atoms with Gasteiger partial charge in [-0.2, -0.15) is 0 Å². The molecule has 1 N–H and O–H groups in total. The second kappa shape index (κ2) is 8.38. The first-order valence-corrected chi connectivity index (χ1v) is 10.4. The first-order chi connectivity index (χ1) is 14.5. The first kappa shape index (κ1) is 20.3. The van der Waals surface area contributed by atoms with Gasteiger partial charge in [-0.1, -0.05) is 82.7 Å². The lowest BCUT2D eigenvalue weighted by Gasteiger charge is -2.22. The molecule has 4 rings (SSSR count). The van der Waals surface area contributed by atoms with Crippen molar-refractivity contribution in [2.24, 2.45) is 0 Å². The zero-order valence-corrected chi connectivity index (χ0v) is 17.7. The number of halogens is 1. The molecule has 0 radical (unpaired) electrons. The van der Waals surface area contributed by atoms with Crippen LogP contribution in [0.1, 0.15) is 23.1 Å². The van der Waals surface area contributed by atoms with Gasteiger partial charge >= 0.3 is 0 Å². The van der Waals surface area contributed by atoms with Crippen molar-refractivity contribution >= 4 is 39.4 Å². The summed E-state index contributed by atoms with van der Waals surface area (Å²) in [6, 6.07) is 24.3. The second-order valence-electron chi connectivity index (χ2n) is 7.29. The molecule has 3 aromatic carbocycles. The summed E-state index contributed by atoms with van der Waals surface area (Å²) < 4.78 is 0.737. The van der Waals surface area contributed by atoms with Gasteiger partial charge in [0.05, 0.1) is 18.7 Å². The van der Waals surface area contributed by atoms with E-state index in [2.05, 4.69) is 15.9 Å². The van der Waals surface area contributed by atoms with Gasteiger partial charge in [0.25, 0.3) is 5.91 Å². The molecule has 0 fully saturated rings. The van der Waals surface area contributed by atoms with Gasteiger partial charge < -0.3 is 10.0 Å². The molecule has 1 amide bonds. The lowest BCUT2D eigenvalue weighted by Crippen LogP contribution is -2.41. The topological polar surface area (TPSA) is 57.6 Å². The summed E-state index contributed by atoms with van der Waals surface area (Å²) in [5, 5.41) is 11.4. The van der Waals surface area contributed by atoms with Crippen molar-refractivity contribution in [3.05, 3.63) is 106 Å². The van der Waals surface area contributed by atoms with E-state index in [9.17, 15) is 14.7 Å². The Bertz CT molecular complexity index is 1110. The minimum atomic E-state index is -1.90. The highest BCUT2D eigenvalue weighted by Gasteiger charge is 2.50. The van der Waals surface area contributed by atoms with Gasteiger partial charge in [-0.25, -0.2) is 0 Å². The van der Waals surface area contributed by atoms with Crippen LogP contribution in [-0.2, 0) is 21.7 Å². The number of carbonyl (C=O) groups is 2. The van der Waals surface area contributed by atoms with Crippen LogP contribution in [0.2, 0.25) is 0 Å². The molecular weight excluding hydrogens is 442 g/mol. The van der Waals surface area contributed by atoms with E-state index in [0.717, 1.165) is 15.6 Å². The predicted molar refractivity (Wildman–Crippen MR) is 121 cm³/mol. The summed E-state index contributed by atoms with van der Waals surface area (Å²) in [6.45, 7) is 0.324. The largest absolute Gasteiger partial charge is 0.375 e. The Kier molecular flexibility index (Phi) is 5.66. The van der Waals surface area contributed by atoms with E-state index in [-0.39, 0.29) is 12.2 Å². The maximum atomic E-state index is 13.3. The zero-order valence-electron chi connectivity index (χ0n) is 16.2. The Hall–Kier alpha value is -3.02. The van der Waals surface area contributed by atoms with Crippen molar-refractivity contribution in [2.75, 3.05) is 4.90 Å². The van der Waals surface area contributed by atoms with Crippen molar-refractivity contribution in [1.29, 1.82) is 0 Å². The molecule has 150 valence electrons. The highest BCUT2D eigenvalue weighted by molar-refractivity contribution is 9.10. The minimum absolute atomic E-state index is 0.316. The maximum absolute atomic E-state index is 13.3. The summed E-state index contributed by atoms with van der Waals surface area (Å²) in [7, 11) is 0. The predicted octanol–water partition coefficient (Wildman–Crippen LogP) is 4.86. The third kappa shape index (κ3) is 3.99. The second-order valence-corrected chi connectivity index (χ2v) is 8.20. The number of anilines is 1. The molecule has 0 saturated heterocycles. The van der Waals surface area contributed by atoms with Gasteiger partial charge in [-0.3, -0.25) is 9.59 Å². The van der Waals surface area contributed by atoms with Crippen LogP contribution in [0, 0.1) is 0 Å². The Labute approximate surface area is 183 Å². The van der Waals surface area contributed by atoms with Crippen LogP contribution < -0.4 is 4.90 Å². The fraction of sp³-hybridized carbons (Fsp3) is 0.120. The van der Waals surface area contributed by atoms with Crippen molar-refractivity contribution in [3.63, 3.8) is 0 Å². The van der Waals surface area contributed by atoms with Crippen molar-refractivity contribution in [1.82, 2.24) is 0 Å². The third-order valence-electron chi connectivity index (χ3n) is 5.17. The highest BCUT2D eigenvalue weighted by Crippen LogP contribution is 2.44. The number of ketones is 1. The van der Waals surface area contributed by atoms with E-state index >= 15 is 0 Å². The minimum Gasteiger partial charge on any atom is -0.375 e. The number of hydrogen-bond donors (Lipinski definition) is 1. The molecule has 1 aliphatic rings. The number of benzene rings is 3. The molecule has 0 aromatic heterocycles. The first-order valence-electron chi connectivity index (χ1n) is 9.62. The van der Waals surface area contributed by atoms with Crippen LogP contribution in [0.5, 0.6) is 0 Å². The van der Waals surface area contributed by atoms with Crippen molar-refractivity contribution < 1.29 is 14.7 Å². The Morgan fingerprint density at radius 3 is 2.37 bits per heavy atom. The van der Waals surface area contributed by atoms with Gasteiger partial charge in [-0.05, 0) is 35.4 Å². The van der Waals surface area contributed by atoms with E-state index in [1.54, 1.807) is 23.1 Å². The van der Waals surface area contributed by atoms with E-state index in [4.69, 9.17) is 0 Å². The number of amides is 1. The number of allylic oxidation sites excluding steroid dienone is 1. The molecule has 1 aliphatic heterocycles. The standard InChI is InChI=1S/C25H20BrNO3/c26-20-12-14-23-22(15-20)25(30,16-21(28)13-11-18-7-3-1-4-8-18)24(29)27(23)17-19-9-5-2-6-10-19/h1-15,30H,16-17H2/b13-11+/t25-/m0/s1. The van der Waals surface area contributed by atoms with Crippen molar-refractivity contribution in [3.8, 4) is 0 Å². The third-order valence-corrected chi connectivity index (χ3v) is 5.66. The molecule has 1 heterocycles. The fourth-order valence-electron chi connectivity index (χ4n) is 3.68. The molecule has 0 saturated carbocycles. The van der Waals surface area contributed by atoms with Crippen LogP contribution in [0.25, 0.3) is 6.08 Å². The number of fused-ring (bicyclic) bond motifs is 1. The lowest BCUT2D eigenvalue weighted by molar-refractivity contribution is -0.140. The zero-order chi connectivity index (χ0) is 21.1. The molecule has 1 atom stereocenters. The molecule has 30 heavy (non-hydrogen) atoms. The van der Waals surface area contributed by atoms with Gasteiger partial charge in [0.15, 0.2) is 11.4 Å². The van der Waals surface area contributed by atoms with Crippen LogP contribution in [0.15, 0.2) is 89.4 Å². The molecule has 0 bridgehead atoms. The summed E-state index contributed by atoms with van der Waals surface area (Å²) >= 11 is 3.41. The Morgan fingerprint density at radius 2 is 1.67 bits per heavy atom. The number of nitrogens with zero attached hydrogens (tertiary/aromatic N) is 1. The van der Waals surface area contributed by atoms with Crippen LogP contribution in [-0.4, -0.2) is 16.8 Å². The van der Waals surface area contributed by atoms with Crippen LogP contribution in [0.3, 0.4) is 0 Å². The molecule has 0 spiro atoms. The molecule has 0 aliphatic carbocycles. The average Bonchev–Trinajstić information content (AvgIpc) is 2.95. The molecule has 3 aromatic rings. The number of aliphatic hydroxyl groups is 1. The van der Waals surface area contributed by atoms with E-state index in [1.165, 1.54) is 6.08 Å².